The summed E-state index contributed by atoms with van der Waals surface area (Å²) in [6.45, 7) is 2.12. The first-order chi connectivity index (χ1) is 8.90. The predicted molar refractivity (Wildman–Crippen MR) is 60.4 cm³/mol. The van der Waals surface area contributed by atoms with Gasteiger partial charge in [0.15, 0.2) is 11.9 Å². The van der Waals surface area contributed by atoms with Crippen molar-refractivity contribution in [3.05, 3.63) is 11.7 Å². The highest BCUT2D eigenvalue weighted by Crippen LogP contribution is 2.38. The number of halogens is 3. The molecule has 3 atom stereocenters. The lowest BCUT2D eigenvalue weighted by Gasteiger charge is -2.11. The molecule has 1 aromatic rings. The van der Waals surface area contributed by atoms with Crippen LogP contribution in [0.2, 0.25) is 0 Å². The summed E-state index contributed by atoms with van der Waals surface area (Å²) in [5.74, 6) is 1.12. The minimum Gasteiger partial charge on any atom is -0.383 e. The van der Waals surface area contributed by atoms with E-state index in [0.717, 1.165) is 25.7 Å². The first-order valence-corrected chi connectivity index (χ1v) is 6.47. The molecule has 19 heavy (non-hydrogen) atoms. The van der Waals surface area contributed by atoms with Crippen molar-refractivity contribution in [1.82, 2.24) is 10.1 Å². The maximum atomic E-state index is 12.2. The summed E-state index contributed by atoms with van der Waals surface area (Å²) >= 11 is 0. The normalized spacial score (nSPS) is 25.7. The Bertz CT molecular complexity index is 419. The molecule has 1 saturated carbocycles. The molecule has 1 aliphatic carbocycles. The van der Waals surface area contributed by atoms with Crippen LogP contribution < -0.4 is 0 Å². The number of aromatic nitrogens is 2. The molecule has 2 rings (SSSR count). The van der Waals surface area contributed by atoms with Crippen molar-refractivity contribution in [2.24, 2.45) is 5.92 Å². The zero-order valence-corrected chi connectivity index (χ0v) is 10.7. The van der Waals surface area contributed by atoms with E-state index in [9.17, 15) is 13.2 Å². The molecule has 0 saturated heterocycles. The quantitative estimate of drug-likeness (QED) is 0.920. The maximum Gasteiger partial charge on any atom is 0.414 e. The first-order valence-electron chi connectivity index (χ1n) is 6.47. The summed E-state index contributed by atoms with van der Waals surface area (Å²) in [6, 6.07) is 0. The largest absolute Gasteiger partial charge is 0.414 e. The highest BCUT2D eigenvalue weighted by atomic mass is 19.4. The average molecular weight is 278 g/mol. The fourth-order valence-electron chi connectivity index (χ4n) is 2.48. The number of alkyl halides is 3. The van der Waals surface area contributed by atoms with Crippen LogP contribution in [-0.2, 0) is 6.42 Å². The van der Waals surface area contributed by atoms with Gasteiger partial charge < -0.3 is 9.63 Å². The zero-order chi connectivity index (χ0) is 14.0. The third-order valence-electron chi connectivity index (χ3n) is 3.71. The Morgan fingerprint density at radius 3 is 2.74 bits per heavy atom. The molecule has 3 unspecified atom stereocenters. The van der Waals surface area contributed by atoms with Crippen LogP contribution in [-0.4, -0.2) is 27.5 Å². The lowest BCUT2D eigenvalue weighted by molar-refractivity contribution is -0.204. The molecule has 1 heterocycles. The van der Waals surface area contributed by atoms with E-state index in [1.807, 2.05) is 0 Å². The average Bonchev–Trinajstić information content (AvgIpc) is 2.95. The molecular weight excluding hydrogens is 261 g/mol. The Hall–Kier alpha value is -1.11. The lowest BCUT2D eigenvalue weighted by Crippen LogP contribution is -2.30. The Morgan fingerprint density at radius 2 is 2.16 bits per heavy atom. The van der Waals surface area contributed by atoms with Gasteiger partial charge in [0.05, 0.1) is 6.42 Å². The molecule has 0 aromatic carbocycles. The van der Waals surface area contributed by atoms with E-state index in [4.69, 9.17) is 9.63 Å². The van der Waals surface area contributed by atoms with Gasteiger partial charge in [-0.15, -0.1) is 0 Å². The second-order valence-corrected chi connectivity index (χ2v) is 5.09. The summed E-state index contributed by atoms with van der Waals surface area (Å²) < 4.78 is 41.4. The van der Waals surface area contributed by atoms with Gasteiger partial charge in [-0.1, -0.05) is 18.5 Å². The van der Waals surface area contributed by atoms with Gasteiger partial charge in [-0.3, -0.25) is 0 Å². The van der Waals surface area contributed by atoms with Crippen molar-refractivity contribution in [3.63, 3.8) is 0 Å². The van der Waals surface area contributed by atoms with Gasteiger partial charge >= 0.3 is 6.18 Å². The molecule has 7 heteroatoms. The van der Waals surface area contributed by atoms with E-state index in [1.165, 1.54) is 0 Å². The third kappa shape index (κ3) is 3.46. The van der Waals surface area contributed by atoms with Crippen LogP contribution in [0.15, 0.2) is 4.52 Å². The fourth-order valence-corrected chi connectivity index (χ4v) is 2.48. The van der Waals surface area contributed by atoms with Crippen molar-refractivity contribution in [2.45, 2.75) is 57.2 Å². The highest BCUT2D eigenvalue weighted by molar-refractivity contribution is 5.00. The minimum atomic E-state index is -4.66. The Morgan fingerprint density at radius 1 is 1.42 bits per heavy atom. The summed E-state index contributed by atoms with van der Waals surface area (Å²) in [6.07, 6.45) is -3.70. The minimum absolute atomic E-state index is 0.153. The van der Waals surface area contributed by atoms with Gasteiger partial charge in [0.2, 0.25) is 5.89 Å². The lowest BCUT2D eigenvalue weighted by atomic mass is 10.0. The second kappa shape index (κ2) is 5.48. The molecular formula is C12H17F3N2O2. The standard InChI is InChI=1S/C12H17F3N2O2/c1-2-7-3-4-8(5-7)11-16-10(19-17-11)6-9(18)12(13,14)15/h7-9,18H,2-6H2,1H3. The number of aliphatic hydroxyl groups is 1. The van der Waals surface area contributed by atoms with Crippen LogP contribution >= 0.6 is 0 Å². The first kappa shape index (κ1) is 14.3. The van der Waals surface area contributed by atoms with E-state index >= 15 is 0 Å². The van der Waals surface area contributed by atoms with Crippen LogP contribution in [0.4, 0.5) is 13.2 Å². The van der Waals surface area contributed by atoms with E-state index in [-0.39, 0.29) is 11.8 Å². The molecule has 1 fully saturated rings. The van der Waals surface area contributed by atoms with Gasteiger partial charge in [-0.05, 0) is 25.2 Å². The molecule has 0 spiro atoms. The highest BCUT2D eigenvalue weighted by Gasteiger charge is 2.39. The second-order valence-electron chi connectivity index (χ2n) is 5.09. The van der Waals surface area contributed by atoms with Crippen molar-refractivity contribution < 1.29 is 22.8 Å². The Balaban J connectivity index is 1.96. The molecule has 1 N–H and O–H groups in total. The number of hydrogen-bond acceptors (Lipinski definition) is 4. The van der Waals surface area contributed by atoms with Crippen molar-refractivity contribution in [3.8, 4) is 0 Å². The van der Waals surface area contributed by atoms with E-state index in [0.29, 0.717) is 11.7 Å². The molecule has 1 aromatic heterocycles. The van der Waals surface area contributed by atoms with Crippen LogP contribution in [0.1, 0.15) is 50.2 Å². The SMILES string of the molecule is CCC1CCC(c2noc(CC(O)C(F)(F)F)n2)C1. The maximum absolute atomic E-state index is 12.2. The monoisotopic (exact) mass is 278 g/mol. The molecule has 1 aliphatic rings. The number of rotatable bonds is 4. The van der Waals surface area contributed by atoms with Crippen LogP contribution in [0.5, 0.6) is 0 Å². The number of aliphatic hydroxyl groups excluding tert-OH is 1. The van der Waals surface area contributed by atoms with E-state index in [2.05, 4.69) is 17.1 Å². The molecule has 4 nitrogen and oxygen atoms in total. The molecule has 0 bridgehead atoms. The third-order valence-corrected chi connectivity index (χ3v) is 3.71. The zero-order valence-electron chi connectivity index (χ0n) is 10.7. The summed E-state index contributed by atoms with van der Waals surface area (Å²) in [7, 11) is 0. The van der Waals surface area contributed by atoms with Gasteiger partial charge in [0.25, 0.3) is 0 Å². The fraction of sp³-hybridized carbons (Fsp3) is 0.833. The van der Waals surface area contributed by atoms with Gasteiger partial charge in [-0.25, -0.2) is 0 Å². The molecule has 108 valence electrons. The Labute approximate surface area is 109 Å². The summed E-state index contributed by atoms with van der Waals surface area (Å²) in [5, 5.41) is 12.7. The summed E-state index contributed by atoms with van der Waals surface area (Å²) in [5.41, 5.74) is 0. The van der Waals surface area contributed by atoms with Crippen molar-refractivity contribution in [2.75, 3.05) is 0 Å². The predicted octanol–water partition coefficient (Wildman–Crippen LogP) is 2.83. The van der Waals surface area contributed by atoms with Gasteiger partial charge in [-0.2, -0.15) is 18.2 Å². The molecule has 0 aliphatic heterocycles. The smallest absolute Gasteiger partial charge is 0.383 e. The van der Waals surface area contributed by atoms with Crippen LogP contribution in [0, 0.1) is 5.92 Å². The van der Waals surface area contributed by atoms with Crippen LogP contribution in [0.3, 0.4) is 0 Å². The summed E-state index contributed by atoms with van der Waals surface area (Å²) in [4.78, 5) is 3.98. The van der Waals surface area contributed by atoms with Gasteiger partial charge in [0.1, 0.15) is 0 Å². The van der Waals surface area contributed by atoms with E-state index < -0.39 is 18.7 Å². The number of nitrogens with zero attached hydrogens (tertiary/aromatic N) is 2. The van der Waals surface area contributed by atoms with E-state index in [1.54, 1.807) is 0 Å². The number of hydrogen-bond donors (Lipinski definition) is 1. The van der Waals surface area contributed by atoms with Crippen molar-refractivity contribution >= 4 is 0 Å². The topological polar surface area (TPSA) is 59.2 Å². The molecule has 0 amide bonds. The molecule has 0 radical (unpaired) electrons. The Kier molecular flexibility index (Phi) is 4.13. The van der Waals surface area contributed by atoms with Crippen LogP contribution in [0.25, 0.3) is 0 Å². The van der Waals surface area contributed by atoms with Gasteiger partial charge in [0, 0.05) is 5.92 Å². The van der Waals surface area contributed by atoms with Crippen molar-refractivity contribution in [1.29, 1.82) is 0 Å².